The average molecular weight is 420 g/mol. The van der Waals surface area contributed by atoms with E-state index in [1.807, 2.05) is 18.7 Å². The second-order valence-electron chi connectivity index (χ2n) is 7.65. The summed E-state index contributed by atoms with van der Waals surface area (Å²) >= 11 is 0. The maximum absolute atomic E-state index is 12.7. The van der Waals surface area contributed by atoms with Gasteiger partial charge < -0.3 is 15.0 Å². The number of sulfonamides is 1. The number of amidine groups is 1. The van der Waals surface area contributed by atoms with Crippen LogP contribution in [-0.2, 0) is 14.8 Å². The number of hydrogen-bond acceptors (Lipinski definition) is 5. The van der Waals surface area contributed by atoms with Crippen molar-refractivity contribution >= 4 is 26.7 Å². The summed E-state index contributed by atoms with van der Waals surface area (Å²) in [7, 11) is -2.18. The Kier molecular flexibility index (Phi) is 6.31. The first-order valence-electron chi connectivity index (χ1n) is 10.0. The fourth-order valence-electron chi connectivity index (χ4n) is 3.74. The van der Waals surface area contributed by atoms with Crippen LogP contribution in [0.4, 0.5) is 0 Å². The summed E-state index contributed by atoms with van der Waals surface area (Å²) in [6.45, 7) is 7.06. The molecule has 158 valence electrons. The zero-order valence-electron chi connectivity index (χ0n) is 17.4. The highest BCUT2D eigenvalue weighted by molar-refractivity contribution is 8.00. The Morgan fingerprint density at radius 1 is 1.28 bits per heavy atom. The number of rotatable bonds is 5. The first-order chi connectivity index (χ1) is 13.8. The largest absolute Gasteiger partial charge is 0.497 e. The molecule has 0 radical (unpaired) electrons. The summed E-state index contributed by atoms with van der Waals surface area (Å²) in [5.74, 6) is 1.22. The number of hydrogen-bond donors (Lipinski definition) is 1. The lowest BCUT2D eigenvalue weighted by Gasteiger charge is -2.33. The molecule has 0 saturated carbocycles. The lowest BCUT2D eigenvalue weighted by atomic mass is 9.95. The van der Waals surface area contributed by atoms with Crippen LogP contribution in [0.5, 0.6) is 5.75 Å². The van der Waals surface area contributed by atoms with E-state index in [0.717, 1.165) is 6.42 Å². The molecule has 1 aromatic carbocycles. The van der Waals surface area contributed by atoms with Gasteiger partial charge in [0.15, 0.2) is 0 Å². The smallest absolute Gasteiger partial charge is 0.285 e. The predicted molar refractivity (Wildman–Crippen MR) is 114 cm³/mol. The first-order valence-corrected chi connectivity index (χ1v) is 11.5. The lowest BCUT2D eigenvalue weighted by Crippen LogP contribution is -2.44. The summed E-state index contributed by atoms with van der Waals surface area (Å²) < 4.78 is 34.7. The summed E-state index contributed by atoms with van der Waals surface area (Å²) in [6, 6.07) is 7.12. The molecule has 0 spiro atoms. The second-order valence-corrected chi connectivity index (χ2v) is 9.19. The Labute approximate surface area is 172 Å². The topological polar surface area (TPSA) is 88.1 Å². The van der Waals surface area contributed by atoms with Crippen molar-refractivity contribution in [2.75, 3.05) is 20.2 Å². The molecule has 1 N–H and O–H groups in total. The van der Waals surface area contributed by atoms with Crippen molar-refractivity contribution in [3.8, 4) is 5.75 Å². The Morgan fingerprint density at radius 2 is 1.90 bits per heavy atom. The molecule has 0 bridgehead atoms. The Hall–Kier alpha value is -2.35. The van der Waals surface area contributed by atoms with Crippen LogP contribution in [0, 0.1) is 5.92 Å². The van der Waals surface area contributed by atoms with Crippen LogP contribution in [-0.4, -0.2) is 51.3 Å². The number of ether oxygens (including phenoxy) is 1. The molecule has 2 aliphatic rings. The molecule has 8 heteroatoms. The standard InChI is InChI=1S/C21H29N3O4S/c1-5-14(2)22-21(25)17-10-12-24(13-11-17)20-15(3)19(29(26,27)23-20)16-6-8-18(28-4)9-7-16/h6-9,14,17H,5,10-13H2,1-4H3,(H,22,25)/t14-/m1/s1. The molecule has 3 rings (SSSR count). The number of likely N-dealkylation sites (tertiary alicyclic amines) is 1. The van der Waals surface area contributed by atoms with E-state index >= 15 is 0 Å². The number of benzene rings is 1. The molecule has 2 heterocycles. The fourth-order valence-corrected chi connectivity index (χ4v) is 5.23. The van der Waals surface area contributed by atoms with Gasteiger partial charge >= 0.3 is 0 Å². The predicted octanol–water partition coefficient (Wildman–Crippen LogP) is 2.79. The van der Waals surface area contributed by atoms with Crippen LogP contribution in [0.2, 0.25) is 0 Å². The van der Waals surface area contributed by atoms with Gasteiger partial charge in [0.1, 0.15) is 16.5 Å². The minimum Gasteiger partial charge on any atom is -0.497 e. The third kappa shape index (κ3) is 4.47. The van der Waals surface area contributed by atoms with E-state index in [9.17, 15) is 13.2 Å². The zero-order chi connectivity index (χ0) is 21.2. The third-order valence-corrected chi connectivity index (χ3v) is 7.13. The van der Waals surface area contributed by atoms with Crippen LogP contribution in [0.3, 0.4) is 0 Å². The first kappa shape index (κ1) is 21.4. The molecular weight excluding hydrogens is 390 g/mol. The number of carbonyl (C=O) groups excluding carboxylic acids is 1. The number of carbonyl (C=O) groups is 1. The van der Waals surface area contributed by atoms with Crippen LogP contribution in [0.15, 0.2) is 34.2 Å². The molecule has 1 aromatic rings. The van der Waals surface area contributed by atoms with Crippen LogP contribution in [0.25, 0.3) is 4.91 Å². The molecule has 2 aliphatic heterocycles. The van der Waals surface area contributed by atoms with Gasteiger partial charge in [0, 0.05) is 30.6 Å². The van der Waals surface area contributed by atoms with Gasteiger partial charge in [-0.2, -0.15) is 8.42 Å². The number of methoxy groups -OCH3 is 1. The summed E-state index contributed by atoms with van der Waals surface area (Å²) in [4.78, 5) is 14.6. The molecule has 1 amide bonds. The molecule has 1 fully saturated rings. The molecule has 0 unspecified atom stereocenters. The fraction of sp³-hybridized carbons (Fsp3) is 0.524. The van der Waals surface area contributed by atoms with E-state index < -0.39 is 10.0 Å². The minimum atomic E-state index is -3.75. The minimum absolute atomic E-state index is 0.0378. The molecule has 0 aliphatic carbocycles. The van der Waals surface area contributed by atoms with E-state index in [1.54, 1.807) is 38.3 Å². The van der Waals surface area contributed by atoms with E-state index in [0.29, 0.717) is 48.7 Å². The Balaban J connectivity index is 1.75. The zero-order valence-corrected chi connectivity index (χ0v) is 18.3. The highest BCUT2D eigenvalue weighted by Gasteiger charge is 2.35. The van der Waals surface area contributed by atoms with Crippen molar-refractivity contribution in [3.05, 3.63) is 35.4 Å². The summed E-state index contributed by atoms with van der Waals surface area (Å²) in [6.07, 6.45) is 2.27. The van der Waals surface area contributed by atoms with Gasteiger partial charge in [-0.15, -0.1) is 4.40 Å². The molecule has 29 heavy (non-hydrogen) atoms. The number of nitrogens with one attached hydrogen (secondary N) is 1. The van der Waals surface area contributed by atoms with Crippen molar-refractivity contribution in [2.24, 2.45) is 10.3 Å². The Morgan fingerprint density at radius 3 is 2.45 bits per heavy atom. The highest BCUT2D eigenvalue weighted by atomic mass is 32.2. The number of nitrogens with zero attached hydrogens (tertiary/aromatic N) is 2. The van der Waals surface area contributed by atoms with E-state index in [1.165, 1.54) is 0 Å². The average Bonchev–Trinajstić information content (AvgIpc) is 2.96. The third-order valence-electron chi connectivity index (χ3n) is 5.66. The lowest BCUT2D eigenvalue weighted by molar-refractivity contribution is -0.126. The van der Waals surface area contributed by atoms with Gasteiger partial charge in [-0.05, 0) is 62.9 Å². The monoisotopic (exact) mass is 419 g/mol. The van der Waals surface area contributed by atoms with Gasteiger partial charge in [0.25, 0.3) is 10.0 Å². The maximum Gasteiger partial charge on any atom is 0.285 e. The van der Waals surface area contributed by atoms with Gasteiger partial charge in [-0.3, -0.25) is 4.79 Å². The summed E-state index contributed by atoms with van der Waals surface area (Å²) in [5.41, 5.74) is 1.25. The molecular formula is C21H29N3O4S. The van der Waals surface area contributed by atoms with Crippen molar-refractivity contribution in [3.63, 3.8) is 0 Å². The van der Waals surface area contributed by atoms with Crippen molar-refractivity contribution in [1.82, 2.24) is 10.2 Å². The normalized spacial score (nSPS) is 20.4. The van der Waals surface area contributed by atoms with Crippen LogP contribution < -0.4 is 10.1 Å². The molecule has 1 atom stereocenters. The van der Waals surface area contributed by atoms with E-state index in [2.05, 4.69) is 9.71 Å². The molecule has 0 aromatic heterocycles. The van der Waals surface area contributed by atoms with E-state index in [4.69, 9.17) is 4.74 Å². The maximum atomic E-state index is 12.7. The molecule has 7 nitrogen and oxygen atoms in total. The van der Waals surface area contributed by atoms with Gasteiger partial charge in [-0.25, -0.2) is 0 Å². The number of piperidine rings is 1. The Bertz CT molecular complexity index is 927. The van der Waals surface area contributed by atoms with E-state index in [-0.39, 0.29) is 22.8 Å². The van der Waals surface area contributed by atoms with Crippen molar-refractivity contribution < 1.29 is 17.9 Å². The highest BCUT2D eigenvalue weighted by Crippen LogP contribution is 2.35. The van der Waals surface area contributed by atoms with Crippen molar-refractivity contribution in [2.45, 2.75) is 46.1 Å². The quantitative estimate of drug-likeness (QED) is 0.793. The van der Waals surface area contributed by atoms with Gasteiger partial charge in [-0.1, -0.05) is 6.92 Å². The van der Waals surface area contributed by atoms with Gasteiger partial charge in [0.05, 0.1) is 7.11 Å². The second kappa shape index (κ2) is 8.57. The number of amides is 1. The van der Waals surface area contributed by atoms with Crippen molar-refractivity contribution in [1.29, 1.82) is 0 Å². The van der Waals surface area contributed by atoms with Gasteiger partial charge in [0.2, 0.25) is 5.91 Å². The molecule has 1 saturated heterocycles. The van der Waals surface area contributed by atoms with Crippen LogP contribution in [0.1, 0.15) is 45.6 Å². The van der Waals surface area contributed by atoms with Crippen LogP contribution >= 0.6 is 0 Å². The SMILES string of the molecule is CC[C@@H](C)NC(=O)C1CCN(C2=NS(=O)(=O)C(c3ccc(OC)cc3)=C2C)CC1. The summed E-state index contributed by atoms with van der Waals surface area (Å²) in [5, 5.41) is 3.04.